The summed E-state index contributed by atoms with van der Waals surface area (Å²) in [6.45, 7) is -0.380. The van der Waals surface area contributed by atoms with E-state index in [1.54, 1.807) is 12.1 Å². The van der Waals surface area contributed by atoms with Crippen LogP contribution in [0.5, 0.6) is 0 Å². The molecule has 3 amide bonds. The quantitative estimate of drug-likeness (QED) is 0.813. The number of rotatable bonds is 4. The van der Waals surface area contributed by atoms with Crippen LogP contribution in [-0.4, -0.2) is 18.5 Å². The van der Waals surface area contributed by atoms with E-state index in [9.17, 15) is 18.4 Å². The third-order valence-electron chi connectivity index (χ3n) is 2.68. The van der Waals surface area contributed by atoms with E-state index in [-0.39, 0.29) is 17.9 Å². The lowest BCUT2D eigenvalue weighted by Gasteiger charge is -2.09. The van der Waals surface area contributed by atoms with Crippen LogP contribution in [0.4, 0.5) is 25.0 Å². The average Bonchev–Trinajstić information content (AvgIpc) is 2.50. The van der Waals surface area contributed by atoms with Gasteiger partial charge in [0.15, 0.2) is 0 Å². The van der Waals surface area contributed by atoms with E-state index in [4.69, 9.17) is 0 Å². The molecule has 0 saturated heterocycles. The third-order valence-corrected chi connectivity index (χ3v) is 2.68. The number of carbonyl (C=O) groups is 2. The van der Waals surface area contributed by atoms with Gasteiger partial charge in [-0.05, 0) is 24.3 Å². The van der Waals surface area contributed by atoms with Crippen LogP contribution in [0.15, 0.2) is 48.5 Å². The van der Waals surface area contributed by atoms with Crippen LogP contribution in [0.1, 0.15) is 0 Å². The molecular formula is C15H13F2N3O2. The predicted octanol–water partition coefficient (Wildman–Crippen LogP) is 2.73. The van der Waals surface area contributed by atoms with Gasteiger partial charge >= 0.3 is 6.03 Å². The Bertz CT molecular complexity index is 632. The Hall–Kier alpha value is -2.96. The number of hydrogen-bond acceptors (Lipinski definition) is 2. The highest BCUT2D eigenvalue weighted by molar-refractivity contribution is 5.97. The fourth-order valence-electron chi connectivity index (χ4n) is 1.65. The van der Waals surface area contributed by atoms with Crippen molar-refractivity contribution >= 4 is 23.3 Å². The molecule has 3 N–H and O–H groups in total. The third kappa shape index (κ3) is 4.27. The van der Waals surface area contributed by atoms with Crippen molar-refractivity contribution in [2.45, 2.75) is 0 Å². The maximum absolute atomic E-state index is 13.3. The second-order valence-electron chi connectivity index (χ2n) is 4.32. The maximum Gasteiger partial charge on any atom is 0.319 e. The molecule has 114 valence electrons. The molecule has 0 saturated carbocycles. The van der Waals surface area contributed by atoms with Crippen molar-refractivity contribution in [2.24, 2.45) is 0 Å². The van der Waals surface area contributed by atoms with Gasteiger partial charge in [-0.2, -0.15) is 0 Å². The Morgan fingerprint density at radius 2 is 1.32 bits per heavy atom. The number of halogens is 2. The van der Waals surface area contributed by atoms with Gasteiger partial charge in [-0.3, -0.25) is 4.79 Å². The van der Waals surface area contributed by atoms with Crippen molar-refractivity contribution < 1.29 is 18.4 Å². The Balaban J connectivity index is 1.82. The predicted molar refractivity (Wildman–Crippen MR) is 78.5 cm³/mol. The Labute approximate surface area is 125 Å². The molecule has 0 unspecified atom stereocenters. The van der Waals surface area contributed by atoms with Gasteiger partial charge in [0.2, 0.25) is 5.91 Å². The van der Waals surface area contributed by atoms with E-state index in [2.05, 4.69) is 16.0 Å². The lowest BCUT2D eigenvalue weighted by atomic mass is 10.3. The van der Waals surface area contributed by atoms with E-state index in [1.807, 2.05) is 0 Å². The minimum atomic E-state index is -0.742. The molecule has 2 rings (SSSR count). The first kappa shape index (κ1) is 15.4. The molecule has 0 atom stereocenters. The number of urea groups is 1. The summed E-state index contributed by atoms with van der Waals surface area (Å²) in [6, 6.07) is 10.5. The zero-order valence-electron chi connectivity index (χ0n) is 11.4. The van der Waals surface area contributed by atoms with Crippen LogP contribution in [0.3, 0.4) is 0 Å². The van der Waals surface area contributed by atoms with Gasteiger partial charge in [-0.25, -0.2) is 13.6 Å². The number of carbonyl (C=O) groups excluding carboxylic acids is 2. The summed E-state index contributed by atoms with van der Waals surface area (Å²) in [6.07, 6.45) is 0. The first-order valence-corrected chi connectivity index (χ1v) is 6.40. The Morgan fingerprint density at radius 1 is 0.818 bits per heavy atom. The first-order valence-electron chi connectivity index (χ1n) is 6.40. The van der Waals surface area contributed by atoms with Gasteiger partial charge < -0.3 is 16.0 Å². The van der Waals surface area contributed by atoms with E-state index in [0.29, 0.717) is 0 Å². The van der Waals surface area contributed by atoms with Crippen LogP contribution in [0.2, 0.25) is 0 Å². The topological polar surface area (TPSA) is 70.2 Å². The molecule has 0 aliphatic rings. The fourth-order valence-corrected chi connectivity index (χ4v) is 1.65. The highest BCUT2D eigenvalue weighted by Crippen LogP contribution is 2.12. The SMILES string of the molecule is O=C(CNC(=O)Nc1ccccc1F)Nc1ccccc1F. The highest BCUT2D eigenvalue weighted by atomic mass is 19.1. The number of hydrogen-bond donors (Lipinski definition) is 3. The summed E-state index contributed by atoms with van der Waals surface area (Å²) < 4.78 is 26.6. The summed E-state index contributed by atoms with van der Waals surface area (Å²) in [5.41, 5.74) is 0.0123. The normalized spacial score (nSPS) is 9.91. The Kier molecular flexibility index (Phi) is 5.02. The molecule has 0 radical (unpaired) electrons. The second kappa shape index (κ2) is 7.16. The maximum atomic E-state index is 13.3. The molecule has 2 aromatic rings. The summed E-state index contributed by atoms with van der Waals surface area (Å²) in [7, 11) is 0. The molecule has 0 fully saturated rings. The minimum absolute atomic E-state index is 0.00508. The minimum Gasteiger partial charge on any atom is -0.329 e. The van der Waals surface area contributed by atoms with E-state index < -0.39 is 23.6 Å². The van der Waals surface area contributed by atoms with Crippen molar-refractivity contribution in [3.05, 3.63) is 60.2 Å². The molecule has 0 bridgehead atoms. The summed E-state index contributed by atoms with van der Waals surface area (Å²) >= 11 is 0. The number of benzene rings is 2. The van der Waals surface area contributed by atoms with Gasteiger partial charge in [-0.15, -0.1) is 0 Å². The number of para-hydroxylation sites is 2. The van der Waals surface area contributed by atoms with Gasteiger partial charge in [-0.1, -0.05) is 24.3 Å². The molecule has 0 aliphatic carbocycles. The standard InChI is InChI=1S/C15H13F2N3O2/c16-10-5-1-3-7-12(10)19-14(21)9-18-15(22)20-13-8-4-2-6-11(13)17/h1-8H,9H2,(H,19,21)(H2,18,20,22). The van der Waals surface area contributed by atoms with Crippen LogP contribution in [-0.2, 0) is 4.79 Å². The molecule has 0 spiro atoms. The number of amides is 3. The zero-order chi connectivity index (χ0) is 15.9. The van der Waals surface area contributed by atoms with Gasteiger partial charge in [0.1, 0.15) is 11.6 Å². The van der Waals surface area contributed by atoms with Crippen LogP contribution >= 0.6 is 0 Å². The zero-order valence-corrected chi connectivity index (χ0v) is 11.4. The second-order valence-corrected chi connectivity index (χ2v) is 4.32. The summed E-state index contributed by atoms with van der Waals surface area (Å²) in [4.78, 5) is 23.1. The number of nitrogens with one attached hydrogen (secondary N) is 3. The molecular weight excluding hydrogens is 292 g/mol. The molecule has 0 aromatic heterocycles. The molecule has 0 heterocycles. The smallest absolute Gasteiger partial charge is 0.319 e. The Morgan fingerprint density at radius 3 is 1.86 bits per heavy atom. The van der Waals surface area contributed by atoms with Crippen molar-refractivity contribution in [1.82, 2.24) is 5.32 Å². The molecule has 0 aliphatic heterocycles. The molecule has 2 aromatic carbocycles. The summed E-state index contributed by atoms with van der Waals surface area (Å²) in [5, 5.41) is 6.82. The molecule has 5 nitrogen and oxygen atoms in total. The van der Waals surface area contributed by atoms with Crippen LogP contribution < -0.4 is 16.0 Å². The van der Waals surface area contributed by atoms with Gasteiger partial charge in [0, 0.05) is 0 Å². The van der Waals surface area contributed by atoms with Gasteiger partial charge in [0.05, 0.1) is 17.9 Å². The monoisotopic (exact) mass is 305 g/mol. The average molecular weight is 305 g/mol. The summed E-state index contributed by atoms with van der Waals surface area (Å²) in [5.74, 6) is -1.77. The molecule has 22 heavy (non-hydrogen) atoms. The fraction of sp³-hybridized carbons (Fsp3) is 0.0667. The largest absolute Gasteiger partial charge is 0.329 e. The van der Waals surface area contributed by atoms with Crippen LogP contribution in [0.25, 0.3) is 0 Å². The van der Waals surface area contributed by atoms with Crippen molar-refractivity contribution in [1.29, 1.82) is 0 Å². The van der Waals surface area contributed by atoms with Crippen molar-refractivity contribution in [3.8, 4) is 0 Å². The lowest BCUT2D eigenvalue weighted by molar-refractivity contribution is -0.115. The molecule has 7 heteroatoms. The highest BCUT2D eigenvalue weighted by Gasteiger charge is 2.09. The van der Waals surface area contributed by atoms with Gasteiger partial charge in [0.25, 0.3) is 0 Å². The number of anilines is 2. The van der Waals surface area contributed by atoms with E-state index in [1.165, 1.54) is 36.4 Å². The van der Waals surface area contributed by atoms with Crippen molar-refractivity contribution in [3.63, 3.8) is 0 Å². The lowest BCUT2D eigenvalue weighted by Crippen LogP contribution is -2.36. The van der Waals surface area contributed by atoms with E-state index >= 15 is 0 Å². The van der Waals surface area contributed by atoms with E-state index in [0.717, 1.165) is 0 Å². The van der Waals surface area contributed by atoms with Crippen molar-refractivity contribution in [2.75, 3.05) is 17.2 Å². The van der Waals surface area contributed by atoms with Crippen LogP contribution in [0, 0.1) is 11.6 Å². The first-order chi connectivity index (χ1) is 10.6.